The second kappa shape index (κ2) is 9.97. The van der Waals surface area contributed by atoms with E-state index in [4.69, 9.17) is 4.74 Å². The van der Waals surface area contributed by atoms with Gasteiger partial charge in [-0.25, -0.2) is 4.79 Å². The highest BCUT2D eigenvalue weighted by molar-refractivity contribution is 5.89. The third-order valence-electron chi connectivity index (χ3n) is 6.00. The van der Waals surface area contributed by atoms with Crippen LogP contribution in [0.4, 0.5) is 10.5 Å². The number of anilines is 1. The fraction of sp³-hybridized carbons (Fsp3) is 0.360. The van der Waals surface area contributed by atoms with Crippen LogP contribution in [0, 0.1) is 13.8 Å². The predicted octanol–water partition coefficient (Wildman–Crippen LogP) is 3.51. The van der Waals surface area contributed by atoms with E-state index in [2.05, 4.69) is 28.2 Å². The van der Waals surface area contributed by atoms with Crippen molar-refractivity contribution >= 4 is 22.6 Å². The van der Waals surface area contributed by atoms with Gasteiger partial charge in [0, 0.05) is 42.9 Å². The molecule has 0 aliphatic carbocycles. The summed E-state index contributed by atoms with van der Waals surface area (Å²) in [5, 5.41) is 3.93. The molecule has 2 heterocycles. The van der Waals surface area contributed by atoms with Crippen molar-refractivity contribution in [2.24, 2.45) is 0 Å². The molecule has 2 aromatic carbocycles. The molecule has 0 radical (unpaired) electrons. The lowest BCUT2D eigenvalue weighted by Gasteiger charge is -2.30. The molecule has 7 nitrogen and oxygen atoms in total. The smallest absolute Gasteiger partial charge is 0.322 e. The third-order valence-corrected chi connectivity index (χ3v) is 6.00. The van der Waals surface area contributed by atoms with Gasteiger partial charge in [0.2, 0.25) is 0 Å². The molecule has 0 atom stereocenters. The monoisotopic (exact) mass is 434 g/mol. The van der Waals surface area contributed by atoms with Crippen molar-refractivity contribution in [3.8, 4) is 0 Å². The van der Waals surface area contributed by atoms with E-state index >= 15 is 0 Å². The molecule has 2 amide bonds. The van der Waals surface area contributed by atoms with Gasteiger partial charge in [0.15, 0.2) is 0 Å². The molecule has 1 aliphatic rings. The lowest BCUT2D eigenvalue weighted by Crippen LogP contribution is -2.44. The number of amides is 2. The molecule has 1 aromatic heterocycles. The summed E-state index contributed by atoms with van der Waals surface area (Å²) >= 11 is 0. The molecule has 0 bridgehead atoms. The molecule has 2 N–H and O–H groups in total. The number of rotatable bonds is 6. The van der Waals surface area contributed by atoms with Crippen LogP contribution in [0.15, 0.2) is 53.3 Å². The molecule has 32 heavy (non-hydrogen) atoms. The van der Waals surface area contributed by atoms with Crippen molar-refractivity contribution in [2.45, 2.75) is 20.4 Å². The summed E-state index contributed by atoms with van der Waals surface area (Å²) in [4.78, 5) is 32.9. The van der Waals surface area contributed by atoms with Crippen molar-refractivity contribution in [3.05, 3.63) is 75.6 Å². The first-order valence-electron chi connectivity index (χ1n) is 11.0. The van der Waals surface area contributed by atoms with Crippen LogP contribution in [-0.4, -0.2) is 60.2 Å². The van der Waals surface area contributed by atoms with Crippen molar-refractivity contribution in [1.29, 1.82) is 0 Å². The number of aromatic amines is 1. The zero-order chi connectivity index (χ0) is 22.5. The van der Waals surface area contributed by atoms with Gasteiger partial charge >= 0.3 is 6.03 Å². The molecule has 3 aromatic rings. The normalized spacial score (nSPS) is 14.4. The first-order chi connectivity index (χ1) is 15.5. The third kappa shape index (κ3) is 5.36. The number of H-pyrrole nitrogens is 1. The number of nitrogens with one attached hydrogen (secondary N) is 2. The number of carbonyl (C=O) groups excluding carboxylic acids is 1. The van der Waals surface area contributed by atoms with Gasteiger partial charge in [-0.05, 0) is 60.7 Å². The largest absolute Gasteiger partial charge is 0.379 e. The summed E-state index contributed by atoms with van der Waals surface area (Å²) in [7, 11) is 0. The SMILES string of the molecule is Cc1cc2cc(CN(CCN3CCOCC3)C(=O)Nc3ccccc3)c(=O)[nH]c2cc1C. The van der Waals surface area contributed by atoms with E-state index < -0.39 is 0 Å². The quantitative estimate of drug-likeness (QED) is 0.622. The van der Waals surface area contributed by atoms with Crippen LogP contribution in [0.5, 0.6) is 0 Å². The molecule has 0 spiro atoms. The molecular formula is C25H30N4O3. The maximum absolute atomic E-state index is 13.1. The van der Waals surface area contributed by atoms with Crippen LogP contribution in [0.1, 0.15) is 16.7 Å². The van der Waals surface area contributed by atoms with E-state index in [-0.39, 0.29) is 18.1 Å². The number of fused-ring (bicyclic) bond motifs is 1. The van der Waals surface area contributed by atoms with Gasteiger partial charge in [-0.2, -0.15) is 0 Å². The van der Waals surface area contributed by atoms with Gasteiger partial charge < -0.3 is 19.9 Å². The Morgan fingerprint density at radius 1 is 1.09 bits per heavy atom. The summed E-state index contributed by atoms with van der Waals surface area (Å²) in [5.74, 6) is 0. The summed E-state index contributed by atoms with van der Waals surface area (Å²) in [6.07, 6.45) is 0. The topological polar surface area (TPSA) is 77.7 Å². The number of pyridine rings is 1. The maximum Gasteiger partial charge on any atom is 0.322 e. The van der Waals surface area contributed by atoms with Crippen molar-refractivity contribution in [3.63, 3.8) is 0 Å². The zero-order valence-corrected chi connectivity index (χ0v) is 18.7. The Kier molecular flexibility index (Phi) is 6.87. The van der Waals surface area contributed by atoms with Crippen LogP contribution >= 0.6 is 0 Å². The average molecular weight is 435 g/mol. The maximum atomic E-state index is 13.1. The number of hydrogen-bond acceptors (Lipinski definition) is 4. The number of hydrogen-bond donors (Lipinski definition) is 2. The molecule has 0 saturated carbocycles. The fourth-order valence-corrected chi connectivity index (χ4v) is 3.91. The number of nitrogens with zero attached hydrogens (tertiary/aromatic N) is 2. The molecule has 1 aliphatic heterocycles. The molecule has 1 fully saturated rings. The first kappa shape index (κ1) is 22.0. The fourth-order valence-electron chi connectivity index (χ4n) is 3.91. The number of aryl methyl sites for hydroxylation is 2. The van der Waals surface area contributed by atoms with Gasteiger partial charge in [0.25, 0.3) is 5.56 Å². The number of para-hydroxylation sites is 1. The van der Waals surface area contributed by atoms with Crippen LogP contribution in [-0.2, 0) is 11.3 Å². The van der Waals surface area contributed by atoms with Crippen LogP contribution in [0.25, 0.3) is 10.9 Å². The second-order valence-corrected chi connectivity index (χ2v) is 8.32. The van der Waals surface area contributed by atoms with Crippen molar-refractivity contribution in [1.82, 2.24) is 14.8 Å². The summed E-state index contributed by atoms with van der Waals surface area (Å²) < 4.78 is 5.42. The molecule has 168 valence electrons. The van der Waals surface area contributed by atoms with Crippen molar-refractivity contribution in [2.75, 3.05) is 44.7 Å². The standard InChI is InChI=1S/C25H30N4O3/c1-18-14-20-16-21(24(30)27-23(20)15-19(18)2)17-29(9-8-28-10-12-32-13-11-28)25(31)26-22-6-4-3-5-7-22/h3-7,14-16H,8-13,17H2,1-2H3,(H,26,31)(H,27,30). The number of ether oxygens (including phenoxy) is 1. The van der Waals surface area contributed by atoms with E-state index in [9.17, 15) is 9.59 Å². The zero-order valence-electron chi connectivity index (χ0n) is 18.7. The van der Waals surface area contributed by atoms with Crippen LogP contribution in [0.2, 0.25) is 0 Å². The van der Waals surface area contributed by atoms with Gasteiger partial charge in [0.1, 0.15) is 0 Å². The van der Waals surface area contributed by atoms with E-state index in [1.807, 2.05) is 49.4 Å². The van der Waals surface area contributed by atoms with Gasteiger partial charge in [-0.15, -0.1) is 0 Å². The Hall–Kier alpha value is -3.16. The minimum Gasteiger partial charge on any atom is -0.379 e. The van der Waals surface area contributed by atoms with E-state index in [0.717, 1.165) is 41.8 Å². The van der Waals surface area contributed by atoms with Gasteiger partial charge in [-0.1, -0.05) is 18.2 Å². The van der Waals surface area contributed by atoms with Crippen LogP contribution < -0.4 is 10.9 Å². The van der Waals surface area contributed by atoms with Crippen molar-refractivity contribution < 1.29 is 9.53 Å². The second-order valence-electron chi connectivity index (χ2n) is 8.32. The summed E-state index contributed by atoms with van der Waals surface area (Å²) in [6.45, 7) is 8.69. The Balaban J connectivity index is 1.57. The molecular weight excluding hydrogens is 404 g/mol. The lowest BCUT2D eigenvalue weighted by molar-refractivity contribution is 0.0349. The van der Waals surface area contributed by atoms with Crippen LogP contribution in [0.3, 0.4) is 0 Å². The summed E-state index contributed by atoms with van der Waals surface area (Å²) in [5.41, 5.74) is 4.26. The van der Waals surface area contributed by atoms with Gasteiger partial charge in [-0.3, -0.25) is 9.69 Å². The highest BCUT2D eigenvalue weighted by atomic mass is 16.5. The Labute approximate surface area is 188 Å². The number of morpholine rings is 1. The Morgan fingerprint density at radius 2 is 1.81 bits per heavy atom. The average Bonchev–Trinajstić information content (AvgIpc) is 2.79. The molecule has 0 unspecified atom stereocenters. The molecule has 4 rings (SSSR count). The Bertz CT molecular complexity index is 1140. The first-order valence-corrected chi connectivity index (χ1v) is 11.0. The number of aromatic nitrogens is 1. The van der Waals surface area contributed by atoms with E-state index in [1.165, 1.54) is 5.56 Å². The van der Waals surface area contributed by atoms with E-state index in [1.54, 1.807) is 4.90 Å². The minimum absolute atomic E-state index is 0.162. The highest BCUT2D eigenvalue weighted by Gasteiger charge is 2.19. The number of urea groups is 1. The Morgan fingerprint density at radius 3 is 2.56 bits per heavy atom. The number of benzene rings is 2. The number of carbonyl (C=O) groups is 1. The minimum atomic E-state index is -0.218. The lowest BCUT2D eigenvalue weighted by atomic mass is 10.0. The van der Waals surface area contributed by atoms with E-state index in [0.29, 0.717) is 25.3 Å². The highest BCUT2D eigenvalue weighted by Crippen LogP contribution is 2.18. The molecule has 1 saturated heterocycles. The van der Waals surface area contributed by atoms with Gasteiger partial charge in [0.05, 0.1) is 19.8 Å². The predicted molar refractivity (Wildman–Crippen MR) is 127 cm³/mol. The summed E-state index contributed by atoms with van der Waals surface area (Å²) in [6, 6.07) is 15.1. The molecule has 7 heteroatoms.